The third-order valence-corrected chi connectivity index (χ3v) is 8.16. The summed E-state index contributed by atoms with van der Waals surface area (Å²) >= 11 is 3.18. The molecule has 0 aliphatic carbocycles. The number of hydrogen-bond acceptors (Lipinski definition) is 8. The average molecular weight is 875 g/mol. The van der Waals surface area contributed by atoms with Gasteiger partial charge in [-0.2, -0.15) is 26.3 Å². The number of ether oxygens (including phenoxy) is 4. The summed E-state index contributed by atoms with van der Waals surface area (Å²) < 4.78 is 124. The van der Waals surface area contributed by atoms with Crippen LogP contribution >= 0.6 is 15.9 Å². The van der Waals surface area contributed by atoms with E-state index in [0.717, 1.165) is 0 Å². The molecule has 0 aliphatic rings. The molecule has 0 saturated carbocycles. The Hall–Kier alpha value is -5.92. The van der Waals surface area contributed by atoms with Crippen LogP contribution in [0.4, 0.5) is 35.1 Å². The van der Waals surface area contributed by atoms with Crippen molar-refractivity contribution in [3.05, 3.63) is 107 Å². The normalized spacial score (nSPS) is 11.2. The summed E-state index contributed by atoms with van der Waals surface area (Å²) in [6.45, 7) is -1.42. The first-order valence-electron chi connectivity index (χ1n) is 16.2. The fourth-order valence-electron chi connectivity index (χ4n) is 5.14. The minimum absolute atomic E-state index is 0.0575. The maximum atomic E-state index is 13.4. The third kappa shape index (κ3) is 11.8. The van der Waals surface area contributed by atoms with Gasteiger partial charge in [0.05, 0.1) is 46.8 Å². The van der Waals surface area contributed by atoms with Gasteiger partial charge in [0.1, 0.15) is 63.6 Å². The smallest absolute Gasteiger partial charge is 0.405 e. The molecule has 304 valence electrons. The van der Waals surface area contributed by atoms with Crippen molar-refractivity contribution in [2.45, 2.75) is 25.2 Å². The number of alkyl halides is 6. The Balaban J connectivity index is 0.000000212. The van der Waals surface area contributed by atoms with Crippen molar-refractivity contribution in [3.8, 4) is 34.3 Å². The summed E-state index contributed by atoms with van der Waals surface area (Å²) in [4.78, 5) is 32.2. The standard InChI is InChI=1S/C19H16F4N2O3.C11H11BrF3NO3.C7H5FN2/c1-27-15-7-11(13-10-24-17-9-12(20)4-6-25(13)17)8-16(28-2)18(15)14(26)3-5-19(21,22)23;1-18-7-3-6(12)4-8(19-2)9(7)10(17)16-5-11(13,14)15;8-6-1-3-10-4-2-9-7(10)5-6/h4,6-10H,3,5H2,1-2H3;3-4H,5H2,1-2H3,(H,16,17);1-5H. The maximum Gasteiger partial charge on any atom is 0.405 e. The molecule has 0 radical (unpaired) electrons. The van der Waals surface area contributed by atoms with Gasteiger partial charge < -0.3 is 28.7 Å². The van der Waals surface area contributed by atoms with Gasteiger partial charge in [0.25, 0.3) is 5.91 Å². The SMILES string of the molecule is COc1cc(-c2cnc3cc(F)ccn23)cc(OC)c1C(=O)CCC(F)(F)F.COc1cc(Br)cc(OC)c1C(=O)NCC(F)(F)F.Fc1ccn2ccnc2c1. The van der Waals surface area contributed by atoms with Gasteiger partial charge in [-0.15, -0.1) is 0 Å². The molecule has 0 aliphatic heterocycles. The fraction of sp³-hybridized carbons (Fsp3) is 0.243. The van der Waals surface area contributed by atoms with Crippen LogP contribution in [0.2, 0.25) is 0 Å². The first-order valence-corrected chi connectivity index (χ1v) is 17.0. The number of nitrogens with zero attached hydrogens (tertiary/aromatic N) is 4. The molecule has 4 aromatic heterocycles. The number of hydrogen-bond donors (Lipinski definition) is 1. The minimum atomic E-state index is -4.48. The van der Waals surface area contributed by atoms with E-state index in [-0.39, 0.29) is 39.9 Å². The summed E-state index contributed by atoms with van der Waals surface area (Å²) in [5, 5.41) is 1.77. The molecule has 1 N–H and O–H groups in total. The number of benzene rings is 2. The molecule has 0 spiro atoms. The second kappa shape index (κ2) is 18.8. The average Bonchev–Trinajstić information content (AvgIpc) is 3.81. The van der Waals surface area contributed by atoms with Crippen LogP contribution in [0.15, 0.2) is 84.0 Å². The molecule has 6 rings (SSSR count). The number of methoxy groups -OCH3 is 4. The Morgan fingerprint density at radius 2 is 1.26 bits per heavy atom. The first-order chi connectivity index (χ1) is 26.9. The molecule has 0 unspecified atom stereocenters. The molecule has 0 saturated heterocycles. The lowest BCUT2D eigenvalue weighted by Gasteiger charge is -2.15. The van der Waals surface area contributed by atoms with E-state index in [1.807, 2.05) is 0 Å². The number of fused-ring (bicyclic) bond motifs is 2. The zero-order valence-electron chi connectivity index (χ0n) is 30.3. The molecular weight excluding hydrogens is 842 g/mol. The first kappa shape index (κ1) is 43.8. The predicted molar refractivity (Wildman–Crippen MR) is 194 cm³/mol. The van der Waals surface area contributed by atoms with Crippen LogP contribution < -0.4 is 24.3 Å². The predicted octanol–water partition coefficient (Wildman–Crippen LogP) is 8.91. The Bertz CT molecular complexity index is 2300. The zero-order chi connectivity index (χ0) is 42.1. The van der Waals surface area contributed by atoms with Crippen LogP contribution in [0.3, 0.4) is 0 Å². The molecule has 4 heterocycles. The van der Waals surface area contributed by atoms with E-state index in [1.165, 1.54) is 89.4 Å². The molecule has 6 aromatic rings. The summed E-state index contributed by atoms with van der Waals surface area (Å²) in [6.07, 6.45) is -2.83. The van der Waals surface area contributed by atoms with Gasteiger partial charge in [0.2, 0.25) is 0 Å². The van der Waals surface area contributed by atoms with Crippen molar-refractivity contribution in [2.24, 2.45) is 0 Å². The lowest BCUT2D eigenvalue weighted by atomic mass is 10.0. The number of Topliss-reactive ketones (excluding diaryl/α,β-unsaturated/α-hetero) is 1. The number of pyridine rings is 2. The van der Waals surface area contributed by atoms with Gasteiger partial charge in [-0.3, -0.25) is 14.0 Å². The highest BCUT2D eigenvalue weighted by Crippen LogP contribution is 2.37. The molecule has 11 nitrogen and oxygen atoms in total. The van der Waals surface area contributed by atoms with E-state index < -0.39 is 49.2 Å². The van der Waals surface area contributed by atoms with Gasteiger partial charge in [-0.05, 0) is 36.4 Å². The Morgan fingerprint density at radius 1 is 0.719 bits per heavy atom. The summed E-state index contributed by atoms with van der Waals surface area (Å²) in [6, 6.07) is 11.3. The molecule has 0 fully saturated rings. The zero-order valence-corrected chi connectivity index (χ0v) is 31.9. The maximum absolute atomic E-state index is 13.4. The number of carbonyl (C=O) groups is 2. The van der Waals surface area contributed by atoms with Crippen LogP contribution in [0.5, 0.6) is 23.0 Å². The van der Waals surface area contributed by atoms with Crippen LogP contribution in [0.1, 0.15) is 33.6 Å². The Morgan fingerprint density at radius 3 is 1.81 bits per heavy atom. The van der Waals surface area contributed by atoms with E-state index in [1.54, 1.807) is 32.7 Å². The second-order valence-corrected chi connectivity index (χ2v) is 12.4. The van der Waals surface area contributed by atoms with E-state index in [2.05, 4.69) is 25.9 Å². The van der Waals surface area contributed by atoms with Crippen molar-refractivity contribution < 1.29 is 63.7 Å². The van der Waals surface area contributed by atoms with Gasteiger partial charge >= 0.3 is 12.4 Å². The number of amides is 1. The van der Waals surface area contributed by atoms with E-state index in [9.17, 15) is 44.7 Å². The van der Waals surface area contributed by atoms with Gasteiger partial charge in [-0.1, -0.05) is 15.9 Å². The lowest BCUT2D eigenvalue weighted by molar-refractivity contribution is -0.133. The monoisotopic (exact) mass is 873 g/mol. The van der Waals surface area contributed by atoms with E-state index >= 15 is 0 Å². The van der Waals surface area contributed by atoms with Gasteiger partial charge in [-0.25, -0.2) is 18.7 Å². The van der Waals surface area contributed by atoms with Crippen LogP contribution in [0, 0.1) is 11.6 Å². The van der Waals surface area contributed by atoms with Crippen molar-refractivity contribution in [3.63, 3.8) is 0 Å². The molecule has 0 bridgehead atoms. The molecule has 57 heavy (non-hydrogen) atoms. The van der Waals surface area contributed by atoms with Gasteiger partial charge in [0, 0.05) is 53.4 Å². The topological polar surface area (TPSA) is 118 Å². The summed E-state index contributed by atoms with van der Waals surface area (Å²) in [5.74, 6) is -1.95. The van der Waals surface area contributed by atoms with Gasteiger partial charge in [0.15, 0.2) is 5.78 Å². The highest BCUT2D eigenvalue weighted by atomic mass is 79.9. The highest BCUT2D eigenvalue weighted by molar-refractivity contribution is 9.10. The largest absolute Gasteiger partial charge is 0.496 e. The lowest BCUT2D eigenvalue weighted by Crippen LogP contribution is -2.34. The van der Waals surface area contributed by atoms with Crippen molar-refractivity contribution >= 4 is 38.9 Å². The molecule has 0 atom stereocenters. The minimum Gasteiger partial charge on any atom is -0.496 e. The third-order valence-electron chi connectivity index (χ3n) is 7.70. The number of halogens is 9. The highest BCUT2D eigenvalue weighted by Gasteiger charge is 2.31. The summed E-state index contributed by atoms with van der Waals surface area (Å²) in [7, 11) is 5.23. The number of nitrogens with one attached hydrogen (secondary N) is 1. The Kier molecular flexibility index (Phi) is 14.5. The van der Waals surface area contributed by atoms with Crippen LogP contribution in [-0.2, 0) is 0 Å². The number of ketones is 1. The molecule has 1 amide bonds. The van der Waals surface area contributed by atoms with Crippen molar-refractivity contribution in [1.29, 1.82) is 0 Å². The second-order valence-electron chi connectivity index (χ2n) is 11.5. The fourth-order valence-corrected chi connectivity index (χ4v) is 5.56. The molecule has 2 aromatic carbocycles. The number of carbonyl (C=O) groups excluding carboxylic acids is 2. The van der Waals surface area contributed by atoms with E-state index in [0.29, 0.717) is 27.0 Å². The van der Waals surface area contributed by atoms with Crippen molar-refractivity contribution in [2.75, 3.05) is 35.0 Å². The number of rotatable bonds is 10. The van der Waals surface area contributed by atoms with Crippen LogP contribution in [0.25, 0.3) is 22.6 Å². The number of aromatic nitrogens is 4. The summed E-state index contributed by atoms with van der Waals surface area (Å²) in [5.41, 5.74) is 1.98. The Labute approximate surface area is 327 Å². The number of imidazole rings is 2. The molecular formula is C37H32BrF8N5O6. The van der Waals surface area contributed by atoms with E-state index in [4.69, 9.17) is 18.9 Å². The van der Waals surface area contributed by atoms with Crippen LogP contribution in [-0.4, -0.2) is 77.8 Å². The molecule has 20 heteroatoms. The van der Waals surface area contributed by atoms with Crippen molar-refractivity contribution in [1.82, 2.24) is 24.1 Å². The quantitative estimate of drug-likeness (QED) is 0.107.